The molecule has 32 heavy (non-hydrogen) atoms. The molecule has 1 fully saturated rings. The lowest BCUT2D eigenvalue weighted by Gasteiger charge is -2.31. The molecule has 2 aromatic rings. The molecule has 4 rings (SSSR count). The highest BCUT2D eigenvalue weighted by Gasteiger charge is 2.35. The first-order valence-electron chi connectivity index (χ1n) is 10.9. The molecular formula is C25H26N2O5. The van der Waals surface area contributed by atoms with E-state index in [4.69, 9.17) is 4.74 Å². The third-order valence-electron chi connectivity index (χ3n) is 6.11. The fraction of sp³-hybridized carbons (Fsp3) is 0.360. The molecule has 0 N–H and O–H groups in total. The van der Waals surface area contributed by atoms with E-state index < -0.39 is 12.1 Å². The van der Waals surface area contributed by atoms with Crippen LogP contribution in [0, 0.1) is 5.92 Å². The number of nitrogens with zero attached hydrogens (tertiary/aromatic N) is 2. The first-order valence-corrected chi connectivity index (χ1v) is 10.9. The third kappa shape index (κ3) is 4.28. The number of piperidine rings is 1. The summed E-state index contributed by atoms with van der Waals surface area (Å²) in [5.41, 5.74) is 1.66. The van der Waals surface area contributed by atoms with Crippen molar-refractivity contribution in [3.63, 3.8) is 0 Å². The van der Waals surface area contributed by atoms with E-state index in [0.29, 0.717) is 35.7 Å². The van der Waals surface area contributed by atoms with Crippen LogP contribution in [-0.4, -0.2) is 52.7 Å². The van der Waals surface area contributed by atoms with Gasteiger partial charge in [0.05, 0.1) is 23.2 Å². The summed E-state index contributed by atoms with van der Waals surface area (Å²) in [4.78, 5) is 53.4. The predicted octanol–water partition coefficient (Wildman–Crippen LogP) is 3.29. The second kappa shape index (κ2) is 8.94. The second-order valence-corrected chi connectivity index (χ2v) is 8.50. The summed E-state index contributed by atoms with van der Waals surface area (Å²) in [7, 11) is 0. The molecule has 1 saturated heterocycles. The van der Waals surface area contributed by atoms with Crippen molar-refractivity contribution < 1.29 is 23.9 Å². The number of rotatable bonds is 5. The van der Waals surface area contributed by atoms with Crippen LogP contribution in [-0.2, 0) is 16.1 Å². The number of hydrogen-bond donors (Lipinski definition) is 0. The molecule has 0 aliphatic carbocycles. The fourth-order valence-corrected chi connectivity index (χ4v) is 4.13. The molecular weight excluding hydrogens is 408 g/mol. The second-order valence-electron chi connectivity index (χ2n) is 8.50. The van der Waals surface area contributed by atoms with E-state index in [1.165, 1.54) is 4.90 Å². The standard InChI is InChI=1S/C25H26N2O5/c1-16-10-12-26(13-11-16)22(28)17(2)32-25(31)19-7-5-6-18(14-19)15-27-23(29)20-8-3-4-9-21(20)24(27)30/h3-9,14,16-17H,10-13,15H2,1-2H3. The Kier molecular flexibility index (Phi) is 6.08. The van der Waals surface area contributed by atoms with Crippen LogP contribution in [0.25, 0.3) is 0 Å². The van der Waals surface area contributed by atoms with Gasteiger partial charge in [0.15, 0.2) is 6.10 Å². The SMILES string of the molecule is CC1CCN(C(=O)C(C)OC(=O)c2cccc(CN3C(=O)c4ccccc4C3=O)c2)CC1. The predicted molar refractivity (Wildman–Crippen MR) is 117 cm³/mol. The van der Waals surface area contributed by atoms with Gasteiger partial charge in [-0.15, -0.1) is 0 Å². The Bertz CT molecular complexity index is 1040. The minimum atomic E-state index is -0.879. The Hall–Kier alpha value is -3.48. The lowest BCUT2D eigenvalue weighted by atomic mass is 9.99. The average molecular weight is 434 g/mol. The van der Waals surface area contributed by atoms with Crippen LogP contribution in [0.1, 0.15) is 63.3 Å². The maximum atomic E-state index is 12.7. The lowest BCUT2D eigenvalue weighted by Crippen LogP contribution is -2.44. The normalized spacial score (nSPS) is 17.3. The summed E-state index contributed by atoms with van der Waals surface area (Å²) in [6, 6.07) is 13.3. The van der Waals surface area contributed by atoms with E-state index in [1.807, 2.05) is 0 Å². The summed E-state index contributed by atoms with van der Waals surface area (Å²) in [5.74, 6) is -0.906. The van der Waals surface area contributed by atoms with Crippen molar-refractivity contribution in [2.45, 2.75) is 39.3 Å². The molecule has 0 radical (unpaired) electrons. The van der Waals surface area contributed by atoms with Crippen molar-refractivity contribution in [2.24, 2.45) is 5.92 Å². The van der Waals surface area contributed by atoms with Gasteiger partial charge in [0.25, 0.3) is 17.7 Å². The van der Waals surface area contributed by atoms with Crippen LogP contribution < -0.4 is 0 Å². The molecule has 2 aliphatic heterocycles. The van der Waals surface area contributed by atoms with Gasteiger partial charge in [0.1, 0.15) is 0 Å². The number of amides is 3. The molecule has 0 saturated carbocycles. The van der Waals surface area contributed by atoms with Crippen molar-refractivity contribution in [3.05, 3.63) is 70.8 Å². The van der Waals surface area contributed by atoms with Crippen LogP contribution in [0.15, 0.2) is 48.5 Å². The van der Waals surface area contributed by atoms with Gasteiger partial charge in [0, 0.05) is 13.1 Å². The highest BCUT2D eigenvalue weighted by atomic mass is 16.5. The highest BCUT2D eigenvalue weighted by molar-refractivity contribution is 6.21. The number of esters is 1. The van der Waals surface area contributed by atoms with Crippen LogP contribution in [0.2, 0.25) is 0 Å². The Morgan fingerprint density at radius 1 is 1.00 bits per heavy atom. The largest absolute Gasteiger partial charge is 0.449 e. The number of carbonyl (C=O) groups is 4. The molecule has 1 atom stereocenters. The summed E-state index contributed by atoms with van der Waals surface area (Å²) in [6.07, 6.45) is 1.02. The maximum absolute atomic E-state index is 12.7. The molecule has 7 nitrogen and oxygen atoms in total. The van der Waals surface area contributed by atoms with Gasteiger partial charge < -0.3 is 9.64 Å². The Labute approximate surface area is 187 Å². The smallest absolute Gasteiger partial charge is 0.338 e. The Morgan fingerprint density at radius 2 is 1.62 bits per heavy atom. The van der Waals surface area contributed by atoms with Gasteiger partial charge in [-0.2, -0.15) is 0 Å². The number of carbonyl (C=O) groups excluding carboxylic acids is 4. The molecule has 166 valence electrons. The zero-order valence-corrected chi connectivity index (χ0v) is 18.2. The Morgan fingerprint density at radius 3 is 2.25 bits per heavy atom. The Balaban J connectivity index is 1.41. The zero-order chi connectivity index (χ0) is 22.8. The first-order chi connectivity index (χ1) is 15.3. The van der Waals surface area contributed by atoms with Crippen molar-refractivity contribution in [2.75, 3.05) is 13.1 Å². The van der Waals surface area contributed by atoms with E-state index in [0.717, 1.165) is 12.8 Å². The van der Waals surface area contributed by atoms with E-state index in [1.54, 1.807) is 60.4 Å². The summed E-state index contributed by atoms with van der Waals surface area (Å²) < 4.78 is 5.42. The minimum absolute atomic E-state index is 0.0495. The fourth-order valence-electron chi connectivity index (χ4n) is 4.13. The third-order valence-corrected chi connectivity index (χ3v) is 6.11. The summed E-state index contributed by atoms with van der Waals surface area (Å²) in [6.45, 7) is 5.16. The van der Waals surface area contributed by atoms with Crippen molar-refractivity contribution in [1.82, 2.24) is 9.80 Å². The molecule has 1 unspecified atom stereocenters. The topological polar surface area (TPSA) is 84.0 Å². The number of likely N-dealkylation sites (tertiary alicyclic amines) is 1. The minimum Gasteiger partial charge on any atom is -0.449 e. The van der Waals surface area contributed by atoms with E-state index in [-0.39, 0.29) is 29.8 Å². The average Bonchev–Trinajstić information content (AvgIpc) is 3.04. The maximum Gasteiger partial charge on any atom is 0.338 e. The number of ether oxygens (including phenoxy) is 1. The highest BCUT2D eigenvalue weighted by Crippen LogP contribution is 2.24. The quantitative estimate of drug-likeness (QED) is 0.533. The molecule has 0 spiro atoms. The molecule has 0 aromatic heterocycles. The molecule has 0 bridgehead atoms. The van der Waals surface area contributed by atoms with E-state index in [9.17, 15) is 19.2 Å². The van der Waals surface area contributed by atoms with Crippen LogP contribution in [0.3, 0.4) is 0 Å². The van der Waals surface area contributed by atoms with Gasteiger partial charge in [-0.1, -0.05) is 31.2 Å². The molecule has 7 heteroatoms. The monoisotopic (exact) mass is 434 g/mol. The molecule has 2 aromatic carbocycles. The van der Waals surface area contributed by atoms with Gasteiger partial charge in [0.2, 0.25) is 0 Å². The van der Waals surface area contributed by atoms with Crippen LogP contribution >= 0.6 is 0 Å². The van der Waals surface area contributed by atoms with Gasteiger partial charge in [-0.25, -0.2) is 4.79 Å². The van der Waals surface area contributed by atoms with Crippen LogP contribution in [0.5, 0.6) is 0 Å². The van der Waals surface area contributed by atoms with Gasteiger partial charge in [-0.05, 0) is 55.5 Å². The van der Waals surface area contributed by atoms with Crippen molar-refractivity contribution in [1.29, 1.82) is 0 Å². The number of fused-ring (bicyclic) bond motifs is 1. The van der Waals surface area contributed by atoms with Crippen molar-refractivity contribution in [3.8, 4) is 0 Å². The first kappa shape index (κ1) is 21.7. The van der Waals surface area contributed by atoms with Gasteiger partial charge in [-0.3, -0.25) is 19.3 Å². The number of imide groups is 1. The van der Waals surface area contributed by atoms with E-state index >= 15 is 0 Å². The molecule has 2 aliphatic rings. The van der Waals surface area contributed by atoms with Crippen LogP contribution in [0.4, 0.5) is 0 Å². The number of hydrogen-bond acceptors (Lipinski definition) is 5. The molecule has 2 heterocycles. The van der Waals surface area contributed by atoms with E-state index in [2.05, 4.69) is 6.92 Å². The summed E-state index contributed by atoms with van der Waals surface area (Å²) >= 11 is 0. The van der Waals surface area contributed by atoms with Gasteiger partial charge >= 0.3 is 5.97 Å². The molecule has 3 amide bonds. The lowest BCUT2D eigenvalue weighted by molar-refractivity contribution is -0.141. The summed E-state index contributed by atoms with van der Waals surface area (Å²) in [5, 5.41) is 0. The van der Waals surface area contributed by atoms with Crippen molar-refractivity contribution >= 4 is 23.7 Å². The number of benzene rings is 2. The zero-order valence-electron chi connectivity index (χ0n) is 18.2.